The lowest BCUT2D eigenvalue weighted by Gasteiger charge is -2.27. The summed E-state index contributed by atoms with van der Waals surface area (Å²) in [6, 6.07) is 5.70. The second-order valence-electron chi connectivity index (χ2n) is 6.50. The standard InChI is InChI=1S/C13H19N3O3S.C2HF3O2/c1-20(17,18)16-6-11-7-19-10-13(11,9-16)8-15-12-4-2-3-5-14-12;3-2(4,5)1(6)7/h2-5,11H,6-10H2,1H3,(H,14,15);(H,6,7)/t11-,13+;/m1./s1. The molecule has 2 aliphatic heterocycles. The molecule has 0 bridgehead atoms. The third kappa shape index (κ3) is 5.53. The van der Waals surface area contributed by atoms with Crippen LogP contribution in [0.3, 0.4) is 0 Å². The quantitative estimate of drug-likeness (QED) is 0.762. The van der Waals surface area contributed by atoms with Gasteiger partial charge in [0.1, 0.15) is 5.82 Å². The number of sulfonamides is 1. The summed E-state index contributed by atoms with van der Waals surface area (Å²) < 4.78 is 62.4. The van der Waals surface area contributed by atoms with Gasteiger partial charge in [-0.1, -0.05) is 6.07 Å². The van der Waals surface area contributed by atoms with E-state index in [-0.39, 0.29) is 11.3 Å². The number of anilines is 1. The van der Waals surface area contributed by atoms with Gasteiger partial charge in [0.15, 0.2) is 0 Å². The Bertz CT molecular complexity index is 760. The van der Waals surface area contributed by atoms with Gasteiger partial charge in [-0.15, -0.1) is 0 Å². The Kier molecular flexibility index (Phi) is 6.32. The summed E-state index contributed by atoms with van der Waals surface area (Å²) in [4.78, 5) is 13.1. The predicted octanol–water partition coefficient (Wildman–Crippen LogP) is 1.03. The number of ether oxygens (including phenoxy) is 1. The second-order valence-corrected chi connectivity index (χ2v) is 8.48. The SMILES string of the molecule is CS(=O)(=O)N1C[C@@H]2COC[C@]2(CNc2ccccn2)C1.O=C(O)C(F)(F)F. The van der Waals surface area contributed by atoms with Gasteiger partial charge in [-0.25, -0.2) is 22.5 Å². The number of carbonyl (C=O) groups is 1. The fraction of sp³-hybridized carbons (Fsp3) is 0.600. The molecule has 27 heavy (non-hydrogen) atoms. The van der Waals surface area contributed by atoms with Crippen molar-refractivity contribution in [2.24, 2.45) is 11.3 Å². The van der Waals surface area contributed by atoms with Gasteiger partial charge < -0.3 is 15.2 Å². The Morgan fingerprint density at radius 3 is 2.67 bits per heavy atom. The number of alkyl halides is 3. The first-order valence-electron chi connectivity index (χ1n) is 7.92. The van der Waals surface area contributed by atoms with E-state index in [2.05, 4.69) is 10.3 Å². The molecular weight excluding hydrogens is 391 g/mol. The van der Waals surface area contributed by atoms with Crippen LogP contribution in [0.4, 0.5) is 19.0 Å². The summed E-state index contributed by atoms with van der Waals surface area (Å²) in [5, 5.41) is 10.4. The number of fused-ring (bicyclic) bond motifs is 1. The first kappa shape index (κ1) is 21.4. The molecule has 0 aromatic carbocycles. The van der Waals surface area contributed by atoms with Crippen molar-refractivity contribution in [3.63, 3.8) is 0 Å². The molecule has 2 saturated heterocycles. The summed E-state index contributed by atoms with van der Waals surface area (Å²) in [5.41, 5.74) is -0.138. The molecule has 3 rings (SSSR count). The van der Waals surface area contributed by atoms with Gasteiger partial charge in [-0.05, 0) is 12.1 Å². The molecule has 0 radical (unpaired) electrons. The third-order valence-corrected chi connectivity index (χ3v) is 5.70. The molecule has 8 nitrogen and oxygen atoms in total. The fourth-order valence-corrected chi connectivity index (χ4v) is 3.96. The number of rotatable bonds is 4. The average molecular weight is 411 g/mol. The van der Waals surface area contributed by atoms with Crippen molar-refractivity contribution in [1.29, 1.82) is 0 Å². The molecule has 0 unspecified atom stereocenters. The van der Waals surface area contributed by atoms with Crippen molar-refractivity contribution in [2.45, 2.75) is 6.18 Å². The zero-order valence-electron chi connectivity index (χ0n) is 14.4. The number of hydrogen-bond donors (Lipinski definition) is 2. The lowest BCUT2D eigenvalue weighted by molar-refractivity contribution is -0.192. The van der Waals surface area contributed by atoms with E-state index in [0.29, 0.717) is 32.8 Å². The lowest BCUT2D eigenvalue weighted by Crippen LogP contribution is -2.38. The molecule has 0 aliphatic carbocycles. The van der Waals surface area contributed by atoms with E-state index in [4.69, 9.17) is 14.6 Å². The van der Waals surface area contributed by atoms with Crippen LogP contribution in [0, 0.1) is 11.3 Å². The topological polar surface area (TPSA) is 109 Å². The molecule has 2 atom stereocenters. The Hall–Kier alpha value is -1.92. The maximum absolute atomic E-state index is 11.7. The molecule has 0 spiro atoms. The second kappa shape index (κ2) is 7.98. The number of pyridine rings is 1. The van der Waals surface area contributed by atoms with E-state index in [1.807, 2.05) is 18.2 Å². The summed E-state index contributed by atoms with van der Waals surface area (Å²) in [6.45, 7) is 3.00. The highest BCUT2D eigenvalue weighted by molar-refractivity contribution is 7.88. The normalized spacial score (nSPS) is 25.4. The van der Waals surface area contributed by atoms with E-state index in [1.165, 1.54) is 6.26 Å². The van der Waals surface area contributed by atoms with Crippen LogP contribution in [-0.2, 0) is 19.6 Å². The van der Waals surface area contributed by atoms with Crippen LogP contribution in [0.25, 0.3) is 0 Å². The Balaban J connectivity index is 0.000000321. The number of aliphatic carboxylic acids is 1. The Morgan fingerprint density at radius 1 is 1.48 bits per heavy atom. The van der Waals surface area contributed by atoms with Gasteiger partial charge in [-0.2, -0.15) is 13.2 Å². The van der Waals surface area contributed by atoms with Gasteiger partial charge in [0, 0.05) is 37.2 Å². The lowest BCUT2D eigenvalue weighted by atomic mass is 9.81. The molecule has 152 valence electrons. The van der Waals surface area contributed by atoms with Gasteiger partial charge in [0.05, 0.1) is 19.5 Å². The summed E-state index contributed by atoms with van der Waals surface area (Å²) in [6.07, 6.45) is -2.07. The van der Waals surface area contributed by atoms with Gasteiger partial charge in [-0.3, -0.25) is 0 Å². The van der Waals surface area contributed by atoms with Crippen LogP contribution < -0.4 is 5.32 Å². The molecule has 3 heterocycles. The number of hydrogen-bond acceptors (Lipinski definition) is 6. The first-order valence-corrected chi connectivity index (χ1v) is 9.77. The van der Waals surface area contributed by atoms with Crippen LogP contribution in [0.15, 0.2) is 24.4 Å². The minimum absolute atomic E-state index is 0.138. The first-order chi connectivity index (χ1) is 12.4. The summed E-state index contributed by atoms with van der Waals surface area (Å²) in [5.74, 6) is -1.69. The van der Waals surface area contributed by atoms with E-state index in [9.17, 15) is 21.6 Å². The van der Waals surface area contributed by atoms with Crippen LogP contribution in [0.1, 0.15) is 0 Å². The van der Waals surface area contributed by atoms with Gasteiger partial charge in [0.2, 0.25) is 10.0 Å². The predicted molar refractivity (Wildman–Crippen MR) is 89.6 cm³/mol. The van der Waals surface area contributed by atoms with Crippen molar-refractivity contribution in [1.82, 2.24) is 9.29 Å². The van der Waals surface area contributed by atoms with Crippen LogP contribution >= 0.6 is 0 Å². The van der Waals surface area contributed by atoms with E-state index >= 15 is 0 Å². The molecule has 2 aliphatic rings. The van der Waals surface area contributed by atoms with Crippen LogP contribution in [-0.4, -0.2) is 74.1 Å². The van der Waals surface area contributed by atoms with Gasteiger partial charge >= 0.3 is 12.1 Å². The largest absolute Gasteiger partial charge is 0.490 e. The van der Waals surface area contributed by atoms with Crippen molar-refractivity contribution in [3.05, 3.63) is 24.4 Å². The maximum atomic E-state index is 11.7. The zero-order chi connectivity index (χ0) is 20.3. The number of nitrogens with zero attached hydrogens (tertiary/aromatic N) is 2. The molecule has 2 N–H and O–H groups in total. The summed E-state index contributed by atoms with van der Waals surface area (Å²) in [7, 11) is -3.13. The number of carboxylic acid groups (broad SMARTS) is 1. The molecular formula is C15H20F3N3O5S. The Morgan fingerprint density at radius 2 is 2.15 bits per heavy atom. The fourth-order valence-electron chi connectivity index (χ4n) is 3.02. The van der Waals surface area contributed by atoms with E-state index in [1.54, 1.807) is 10.5 Å². The highest BCUT2D eigenvalue weighted by Gasteiger charge is 2.52. The average Bonchev–Trinajstić information content (AvgIpc) is 3.10. The number of aromatic nitrogens is 1. The number of nitrogens with one attached hydrogen (secondary N) is 1. The molecule has 12 heteroatoms. The molecule has 0 amide bonds. The highest BCUT2D eigenvalue weighted by Crippen LogP contribution is 2.42. The van der Waals surface area contributed by atoms with E-state index < -0.39 is 22.2 Å². The number of halogens is 3. The Labute approximate surface area is 154 Å². The molecule has 2 fully saturated rings. The third-order valence-electron chi connectivity index (χ3n) is 4.49. The van der Waals surface area contributed by atoms with Crippen molar-refractivity contribution in [3.8, 4) is 0 Å². The van der Waals surface area contributed by atoms with Gasteiger partial charge in [0.25, 0.3) is 0 Å². The molecule has 0 saturated carbocycles. The van der Waals surface area contributed by atoms with E-state index in [0.717, 1.165) is 5.82 Å². The number of carboxylic acids is 1. The van der Waals surface area contributed by atoms with Crippen molar-refractivity contribution >= 4 is 21.8 Å². The molecule has 1 aromatic rings. The maximum Gasteiger partial charge on any atom is 0.490 e. The van der Waals surface area contributed by atoms with Crippen molar-refractivity contribution < 1.29 is 36.2 Å². The van der Waals surface area contributed by atoms with Crippen molar-refractivity contribution in [2.75, 3.05) is 44.4 Å². The molecule has 1 aromatic heterocycles. The monoisotopic (exact) mass is 411 g/mol. The highest BCUT2D eigenvalue weighted by atomic mass is 32.2. The summed E-state index contributed by atoms with van der Waals surface area (Å²) >= 11 is 0. The minimum atomic E-state index is -5.08. The minimum Gasteiger partial charge on any atom is -0.475 e. The van der Waals surface area contributed by atoms with Crippen LogP contribution in [0.5, 0.6) is 0 Å². The van der Waals surface area contributed by atoms with Crippen LogP contribution in [0.2, 0.25) is 0 Å². The zero-order valence-corrected chi connectivity index (χ0v) is 15.3. The smallest absolute Gasteiger partial charge is 0.475 e.